The SMILES string of the molecule is COC(=O)C(C)N(CCO)CCO. The van der Waals surface area contributed by atoms with Crippen LogP contribution in [0.1, 0.15) is 6.92 Å². The topological polar surface area (TPSA) is 70.0 Å². The summed E-state index contributed by atoms with van der Waals surface area (Å²) in [6.45, 7) is 2.31. The Labute approximate surface area is 77.9 Å². The first kappa shape index (κ1) is 12.3. The summed E-state index contributed by atoms with van der Waals surface area (Å²) in [6.07, 6.45) is 0. The number of nitrogens with zero attached hydrogens (tertiary/aromatic N) is 1. The molecule has 2 N–H and O–H groups in total. The molecular formula is C8H17NO4. The molecular weight excluding hydrogens is 174 g/mol. The largest absolute Gasteiger partial charge is 0.468 e. The Kier molecular flexibility index (Phi) is 6.48. The highest BCUT2D eigenvalue weighted by molar-refractivity contribution is 5.75. The monoisotopic (exact) mass is 191 g/mol. The van der Waals surface area contributed by atoms with Gasteiger partial charge < -0.3 is 14.9 Å². The molecule has 0 heterocycles. The molecule has 0 radical (unpaired) electrons. The number of ether oxygens (including phenoxy) is 1. The predicted molar refractivity (Wildman–Crippen MR) is 47.2 cm³/mol. The van der Waals surface area contributed by atoms with E-state index >= 15 is 0 Å². The lowest BCUT2D eigenvalue weighted by atomic mass is 10.3. The average Bonchev–Trinajstić information content (AvgIpc) is 2.15. The van der Waals surface area contributed by atoms with Gasteiger partial charge in [0.1, 0.15) is 6.04 Å². The molecule has 0 rings (SSSR count). The number of carbonyl (C=O) groups is 1. The van der Waals surface area contributed by atoms with Crippen LogP contribution in [-0.2, 0) is 9.53 Å². The van der Waals surface area contributed by atoms with Gasteiger partial charge in [-0.15, -0.1) is 0 Å². The Balaban J connectivity index is 4.08. The second-order valence-electron chi connectivity index (χ2n) is 2.68. The fourth-order valence-corrected chi connectivity index (χ4v) is 1.08. The van der Waals surface area contributed by atoms with E-state index in [0.717, 1.165) is 0 Å². The molecule has 0 amide bonds. The summed E-state index contributed by atoms with van der Waals surface area (Å²) >= 11 is 0. The van der Waals surface area contributed by atoms with E-state index in [2.05, 4.69) is 4.74 Å². The minimum absolute atomic E-state index is 0.0403. The van der Waals surface area contributed by atoms with Crippen molar-refractivity contribution >= 4 is 5.97 Å². The molecule has 0 spiro atoms. The smallest absolute Gasteiger partial charge is 0.322 e. The molecule has 0 aliphatic heterocycles. The third kappa shape index (κ3) is 4.21. The van der Waals surface area contributed by atoms with Crippen molar-refractivity contribution in [2.75, 3.05) is 33.4 Å². The minimum Gasteiger partial charge on any atom is -0.468 e. The summed E-state index contributed by atoms with van der Waals surface area (Å²) in [4.78, 5) is 12.7. The van der Waals surface area contributed by atoms with Gasteiger partial charge in [0.25, 0.3) is 0 Å². The Hall–Kier alpha value is -0.650. The summed E-state index contributed by atoms with van der Waals surface area (Å²) in [5.41, 5.74) is 0. The lowest BCUT2D eigenvalue weighted by Crippen LogP contribution is -2.42. The van der Waals surface area contributed by atoms with Crippen molar-refractivity contribution in [2.24, 2.45) is 0 Å². The molecule has 1 atom stereocenters. The van der Waals surface area contributed by atoms with E-state index in [1.807, 2.05) is 0 Å². The fourth-order valence-electron chi connectivity index (χ4n) is 1.08. The van der Waals surface area contributed by atoms with Gasteiger partial charge in [0, 0.05) is 13.1 Å². The number of rotatable bonds is 6. The molecule has 1 unspecified atom stereocenters. The van der Waals surface area contributed by atoms with Crippen LogP contribution in [0.25, 0.3) is 0 Å². The molecule has 0 saturated carbocycles. The molecule has 5 nitrogen and oxygen atoms in total. The molecule has 0 aromatic rings. The van der Waals surface area contributed by atoms with Crippen LogP contribution >= 0.6 is 0 Å². The van der Waals surface area contributed by atoms with Crippen LogP contribution in [0.4, 0.5) is 0 Å². The summed E-state index contributed by atoms with van der Waals surface area (Å²) in [5.74, 6) is -0.359. The zero-order valence-corrected chi connectivity index (χ0v) is 8.06. The van der Waals surface area contributed by atoms with Crippen LogP contribution in [0.15, 0.2) is 0 Å². The Morgan fingerprint density at radius 2 is 1.85 bits per heavy atom. The summed E-state index contributed by atoms with van der Waals surface area (Å²) < 4.78 is 4.54. The van der Waals surface area contributed by atoms with Gasteiger partial charge in [-0.1, -0.05) is 0 Å². The molecule has 0 aromatic carbocycles. The maximum absolute atomic E-state index is 11.1. The first-order chi connectivity index (χ1) is 6.17. The van der Waals surface area contributed by atoms with Gasteiger partial charge >= 0.3 is 5.97 Å². The van der Waals surface area contributed by atoms with Gasteiger partial charge in [0.15, 0.2) is 0 Å². The normalized spacial score (nSPS) is 13.0. The van der Waals surface area contributed by atoms with Crippen LogP contribution in [-0.4, -0.2) is 60.5 Å². The van der Waals surface area contributed by atoms with Crippen LogP contribution in [0.2, 0.25) is 0 Å². The Morgan fingerprint density at radius 1 is 1.38 bits per heavy atom. The van der Waals surface area contributed by atoms with E-state index < -0.39 is 6.04 Å². The molecule has 78 valence electrons. The van der Waals surface area contributed by atoms with Crippen molar-refractivity contribution < 1.29 is 19.7 Å². The third-order valence-corrected chi connectivity index (χ3v) is 1.86. The number of hydrogen-bond acceptors (Lipinski definition) is 5. The van der Waals surface area contributed by atoms with E-state index in [4.69, 9.17) is 10.2 Å². The van der Waals surface area contributed by atoms with E-state index in [9.17, 15) is 4.79 Å². The Morgan fingerprint density at radius 3 is 2.15 bits per heavy atom. The summed E-state index contributed by atoms with van der Waals surface area (Å²) in [6, 6.07) is -0.427. The molecule has 0 aliphatic rings. The fraction of sp³-hybridized carbons (Fsp3) is 0.875. The van der Waals surface area contributed by atoms with Crippen molar-refractivity contribution in [1.82, 2.24) is 4.90 Å². The number of aliphatic hydroxyl groups excluding tert-OH is 2. The highest BCUT2D eigenvalue weighted by atomic mass is 16.5. The summed E-state index contributed by atoms with van der Waals surface area (Å²) in [5, 5.41) is 17.4. The standard InChI is InChI=1S/C8H17NO4/c1-7(8(12)13-2)9(3-5-10)4-6-11/h7,10-11H,3-6H2,1-2H3. The second kappa shape index (κ2) is 6.82. The van der Waals surface area contributed by atoms with Crippen molar-refractivity contribution in [3.8, 4) is 0 Å². The highest BCUT2D eigenvalue weighted by Gasteiger charge is 2.20. The van der Waals surface area contributed by atoms with Crippen molar-refractivity contribution in [3.63, 3.8) is 0 Å². The zero-order chi connectivity index (χ0) is 10.3. The number of hydrogen-bond donors (Lipinski definition) is 2. The van der Waals surface area contributed by atoms with Crippen LogP contribution < -0.4 is 0 Å². The number of esters is 1. The van der Waals surface area contributed by atoms with Crippen LogP contribution in [0.5, 0.6) is 0 Å². The first-order valence-corrected chi connectivity index (χ1v) is 4.21. The molecule has 0 aliphatic carbocycles. The second-order valence-corrected chi connectivity index (χ2v) is 2.68. The quantitative estimate of drug-likeness (QED) is 0.518. The van der Waals surface area contributed by atoms with Gasteiger partial charge in [-0.3, -0.25) is 9.69 Å². The third-order valence-electron chi connectivity index (χ3n) is 1.86. The van der Waals surface area contributed by atoms with Gasteiger partial charge in [-0.2, -0.15) is 0 Å². The lowest BCUT2D eigenvalue weighted by molar-refractivity contribution is -0.146. The first-order valence-electron chi connectivity index (χ1n) is 4.21. The van der Waals surface area contributed by atoms with Crippen LogP contribution in [0.3, 0.4) is 0 Å². The lowest BCUT2D eigenvalue weighted by Gasteiger charge is -2.25. The van der Waals surface area contributed by atoms with E-state index in [-0.39, 0.29) is 19.2 Å². The molecule has 0 bridgehead atoms. The van der Waals surface area contributed by atoms with Gasteiger partial charge in [0.2, 0.25) is 0 Å². The zero-order valence-electron chi connectivity index (χ0n) is 8.06. The Bertz CT molecular complexity index is 145. The molecule has 5 heteroatoms. The molecule has 0 fully saturated rings. The van der Waals surface area contributed by atoms with E-state index in [0.29, 0.717) is 13.1 Å². The molecule has 0 aromatic heterocycles. The summed E-state index contributed by atoms with van der Waals surface area (Å²) in [7, 11) is 1.31. The van der Waals surface area contributed by atoms with Crippen molar-refractivity contribution in [3.05, 3.63) is 0 Å². The maximum Gasteiger partial charge on any atom is 0.322 e. The number of methoxy groups -OCH3 is 1. The van der Waals surface area contributed by atoms with Crippen molar-refractivity contribution in [1.29, 1.82) is 0 Å². The maximum atomic E-state index is 11.1. The van der Waals surface area contributed by atoms with E-state index in [1.165, 1.54) is 7.11 Å². The highest BCUT2D eigenvalue weighted by Crippen LogP contribution is 1.99. The average molecular weight is 191 g/mol. The number of aliphatic hydroxyl groups is 2. The van der Waals surface area contributed by atoms with Crippen LogP contribution in [0, 0.1) is 0 Å². The predicted octanol–water partition coefficient (Wildman–Crippen LogP) is -1.17. The van der Waals surface area contributed by atoms with Gasteiger partial charge in [-0.25, -0.2) is 0 Å². The van der Waals surface area contributed by atoms with E-state index in [1.54, 1.807) is 11.8 Å². The number of carbonyl (C=O) groups excluding carboxylic acids is 1. The van der Waals surface area contributed by atoms with Gasteiger partial charge in [0.05, 0.1) is 20.3 Å². The minimum atomic E-state index is -0.427. The molecule has 0 saturated heterocycles. The molecule has 13 heavy (non-hydrogen) atoms. The van der Waals surface area contributed by atoms with Gasteiger partial charge in [-0.05, 0) is 6.92 Å². The van der Waals surface area contributed by atoms with Crippen molar-refractivity contribution in [2.45, 2.75) is 13.0 Å².